The second kappa shape index (κ2) is 6.87. The number of benzene rings is 2. The number of anilines is 1. The highest BCUT2D eigenvalue weighted by Crippen LogP contribution is 2.36. The first kappa shape index (κ1) is 16.9. The van der Waals surface area contributed by atoms with Crippen molar-refractivity contribution in [2.45, 2.75) is 30.0 Å². The number of hydrogen-bond donors (Lipinski definition) is 2. The summed E-state index contributed by atoms with van der Waals surface area (Å²) >= 11 is 7.66. The first-order valence-corrected chi connectivity index (χ1v) is 8.88. The Morgan fingerprint density at radius 2 is 2.04 bits per heavy atom. The zero-order valence-electron chi connectivity index (χ0n) is 13.3. The second-order valence-corrected chi connectivity index (χ2v) is 7.47. The number of amides is 2. The Morgan fingerprint density at radius 3 is 2.79 bits per heavy atom. The average molecular weight is 361 g/mol. The van der Waals surface area contributed by atoms with Crippen LogP contribution in [0.3, 0.4) is 0 Å². The van der Waals surface area contributed by atoms with Crippen LogP contribution in [0.25, 0.3) is 0 Å². The third-order valence-electron chi connectivity index (χ3n) is 3.89. The molecule has 0 aliphatic carbocycles. The summed E-state index contributed by atoms with van der Waals surface area (Å²) in [7, 11) is 0. The highest BCUT2D eigenvalue weighted by Gasteiger charge is 2.24. The van der Waals surface area contributed by atoms with E-state index in [1.165, 1.54) is 11.8 Å². The maximum absolute atomic E-state index is 12.5. The molecule has 4 nitrogen and oxygen atoms in total. The van der Waals surface area contributed by atoms with Gasteiger partial charge in [-0.3, -0.25) is 9.59 Å². The van der Waals surface area contributed by atoms with E-state index in [0.717, 1.165) is 10.5 Å². The average Bonchev–Trinajstić information content (AvgIpc) is 2.55. The van der Waals surface area contributed by atoms with Crippen molar-refractivity contribution >= 4 is 40.9 Å². The summed E-state index contributed by atoms with van der Waals surface area (Å²) in [6.07, 6.45) is 0. The fraction of sp³-hybridized carbons (Fsp3) is 0.222. The maximum Gasteiger partial charge on any atom is 0.251 e. The zero-order chi connectivity index (χ0) is 17.3. The van der Waals surface area contributed by atoms with Crippen molar-refractivity contribution in [3.05, 3.63) is 58.6 Å². The van der Waals surface area contributed by atoms with Gasteiger partial charge in [-0.25, -0.2) is 0 Å². The van der Waals surface area contributed by atoms with Crippen LogP contribution < -0.4 is 10.6 Å². The van der Waals surface area contributed by atoms with Crippen LogP contribution in [0.1, 0.15) is 35.8 Å². The summed E-state index contributed by atoms with van der Waals surface area (Å²) in [5.41, 5.74) is 2.05. The van der Waals surface area contributed by atoms with Crippen LogP contribution in [-0.4, -0.2) is 17.1 Å². The molecule has 6 heteroatoms. The fourth-order valence-corrected chi connectivity index (χ4v) is 3.76. The lowest BCUT2D eigenvalue weighted by Gasteiger charge is -2.22. The van der Waals surface area contributed by atoms with Gasteiger partial charge in [0.2, 0.25) is 5.91 Å². The minimum Gasteiger partial charge on any atom is -0.345 e. The van der Waals surface area contributed by atoms with E-state index in [0.29, 0.717) is 16.3 Å². The quantitative estimate of drug-likeness (QED) is 0.859. The summed E-state index contributed by atoms with van der Waals surface area (Å²) < 4.78 is 0. The Kier molecular flexibility index (Phi) is 4.83. The molecule has 0 spiro atoms. The van der Waals surface area contributed by atoms with Gasteiger partial charge in [-0.1, -0.05) is 29.8 Å². The van der Waals surface area contributed by atoms with Gasteiger partial charge in [-0.2, -0.15) is 0 Å². The number of nitrogens with one attached hydrogen (secondary N) is 2. The number of hydrogen-bond acceptors (Lipinski definition) is 3. The predicted octanol–water partition coefficient (Wildman–Crippen LogP) is 4.26. The molecule has 24 heavy (non-hydrogen) atoms. The van der Waals surface area contributed by atoms with E-state index in [9.17, 15) is 9.59 Å². The Hall–Kier alpha value is -1.98. The maximum atomic E-state index is 12.5. The highest BCUT2D eigenvalue weighted by molar-refractivity contribution is 8.00. The standard InChI is InChI=1S/C18H17ClN2O2S/c1-10(13-5-3-4-6-14(13)19)20-18(23)12-7-8-16-15(9-12)21-17(22)11(2)24-16/h3-11H,1-2H3,(H,20,23)(H,21,22). The molecule has 0 radical (unpaired) electrons. The van der Waals surface area contributed by atoms with Crippen molar-refractivity contribution in [2.75, 3.05) is 5.32 Å². The van der Waals surface area contributed by atoms with Crippen molar-refractivity contribution in [3.8, 4) is 0 Å². The molecule has 2 unspecified atom stereocenters. The van der Waals surface area contributed by atoms with E-state index in [1.54, 1.807) is 18.2 Å². The molecule has 0 aromatic heterocycles. The van der Waals surface area contributed by atoms with Crippen molar-refractivity contribution in [1.29, 1.82) is 0 Å². The van der Waals surface area contributed by atoms with E-state index < -0.39 is 0 Å². The van der Waals surface area contributed by atoms with E-state index >= 15 is 0 Å². The molecule has 0 fully saturated rings. The zero-order valence-corrected chi connectivity index (χ0v) is 14.9. The van der Waals surface area contributed by atoms with Gasteiger partial charge in [-0.05, 0) is 43.7 Å². The fourth-order valence-electron chi connectivity index (χ4n) is 2.53. The van der Waals surface area contributed by atoms with Gasteiger partial charge >= 0.3 is 0 Å². The topological polar surface area (TPSA) is 58.2 Å². The van der Waals surface area contributed by atoms with Crippen molar-refractivity contribution in [1.82, 2.24) is 5.32 Å². The van der Waals surface area contributed by atoms with Crippen LogP contribution in [0.2, 0.25) is 5.02 Å². The number of carbonyl (C=O) groups is 2. The second-order valence-electron chi connectivity index (χ2n) is 5.68. The van der Waals surface area contributed by atoms with Crippen LogP contribution >= 0.6 is 23.4 Å². The van der Waals surface area contributed by atoms with Gasteiger partial charge in [0, 0.05) is 15.5 Å². The third-order valence-corrected chi connectivity index (χ3v) is 5.41. The van der Waals surface area contributed by atoms with Crippen LogP contribution in [0.4, 0.5) is 5.69 Å². The molecule has 0 bridgehead atoms. The van der Waals surface area contributed by atoms with Gasteiger partial charge in [0.1, 0.15) is 0 Å². The molecule has 2 aromatic rings. The van der Waals surface area contributed by atoms with E-state index in [-0.39, 0.29) is 23.1 Å². The molecular formula is C18H17ClN2O2S. The SMILES string of the molecule is CC1Sc2ccc(C(=O)NC(C)c3ccccc3Cl)cc2NC1=O. The molecule has 3 rings (SSSR count). The van der Waals surface area contributed by atoms with Crippen LogP contribution in [0.5, 0.6) is 0 Å². The largest absolute Gasteiger partial charge is 0.345 e. The number of thioether (sulfide) groups is 1. The summed E-state index contributed by atoms with van der Waals surface area (Å²) in [5.74, 6) is -0.252. The molecule has 1 heterocycles. The van der Waals surface area contributed by atoms with Gasteiger partial charge < -0.3 is 10.6 Å². The first-order chi connectivity index (χ1) is 11.5. The number of carbonyl (C=O) groups excluding carboxylic acids is 2. The third kappa shape index (κ3) is 3.42. The number of rotatable bonds is 3. The monoisotopic (exact) mass is 360 g/mol. The summed E-state index contributed by atoms with van der Waals surface area (Å²) in [6, 6.07) is 12.6. The molecule has 2 aromatic carbocycles. The lowest BCUT2D eigenvalue weighted by molar-refractivity contribution is -0.115. The number of halogens is 1. The minimum absolute atomic E-state index is 0.0468. The van der Waals surface area contributed by atoms with Gasteiger partial charge in [0.15, 0.2) is 0 Å². The Bertz CT molecular complexity index is 809. The molecule has 2 N–H and O–H groups in total. The summed E-state index contributed by atoms with van der Waals surface area (Å²) in [6.45, 7) is 3.74. The van der Waals surface area contributed by atoms with Crippen molar-refractivity contribution in [3.63, 3.8) is 0 Å². The first-order valence-electron chi connectivity index (χ1n) is 7.62. The van der Waals surface area contributed by atoms with E-state index in [1.807, 2.05) is 38.1 Å². The van der Waals surface area contributed by atoms with Crippen LogP contribution in [0, 0.1) is 0 Å². The Labute approximate surface area is 150 Å². The lowest BCUT2D eigenvalue weighted by Crippen LogP contribution is -2.28. The molecule has 1 aliphatic rings. The van der Waals surface area contributed by atoms with Crippen molar-refractivity contribution < 1.29 is 9.59 Å². The van der Waals surface area contributed by atoms with Crippen molar-refractivity contribution in [2.24, 2.45) is 0 Å². The predicted molar refractivity (Wildman–Crippen MR) is 97.7 cm³/mol. The molecule has 2 amide bonds. The Morgan fingerprint density at radius 1 is 1.29 bits per heavy atom. The van der Waals surface area contributed by atoms with Gasteiger partial charge in [0.05, 0.1) is 17.0 Å². The van der Waals surface area contributed by atoms with Crippen LogP contribution in [0.15, 0.2) is 47.4 Å². The molecule has 1 aliphatic heterocycles. The van der Waals surface area contributed by atoms with Crippen LogP contribution in [-0.2, 0) is 4.79 Å². The van der Waals surface area contributed by atoms with Gasteiger partial charge in [-0.15, -0.1) is 11.8 Å². The smallest absolute Gasteiger partial charge is 0.251 e. The van der Waals surface area contributed by atoms with Gasteiger partial charge in [0.25, 0.3) is 5.91 Å². The Balaban J connectivity index is 1.78. The minimum atomic E-state index is -0.216. The highest BCUT2D eigenvalue weighted by atomic mass is 35.5. The molecule has 0 saturated carbocycles. The number of fused-ring (bicyclic) bond motifs is 1. The normalized spacial score (nSPS) is 17.6. The molecule has 2 atom stereocenters. The lowest BCUT2D eigenvalue weighted by atomic mass is 10.1. The summed E-state index contributed by atoms with van der Waals surface area (Å²) in [5, 5.41) is 6.27. The van der Waals surface area contributed by atoms with E-state index in [2.05, 4.69) is 10.6 Å². The molecule has 0 saturated heterocycles. The molecule has 124 valence electrons. The van der Waals surface area contributed by atoms with E-state index in [4.69, 9.17) is 11.6 Å². The molecular weight excluding hydrogens is 344 g/mol. The summed E-state index contributed by atoms with van der Waals surface area (Å²) in [4.78, 5) is 25.3.